The van der Waals surface area contributed by atoms with Crippen LogP contribution in [0, 0.1) is 0 Å². The summed E-state index contributed by atoms with van der Waals surface area (Å²) in [5.41, 5.74) is 0. The Bertz CT molecular complexity index is 916. The molecule has 7 N–H and O–H groups in total. The lowest BCUT2D eigenvalue weighted by molar-refractivity contribution is -0.302. The van der Waals surface area contributed by atoms with Crippen LogP contribution in [-0.4, -0.2) is 98.7 Å². The van der Waals surface area contributed by atoms with Crippen LogP contribution in [0.1, 0.15) is 187 Å². The van der Waals surface area contributed by atoms with E-state index in [0.29, 0.717) is 19.3 Å². The first-order chi connectivity index (χ1) is 26.3. The van der Waals surface area contributed by atoms with Gasteiger partial charge in [0.15, 0.2) is 6.29 Å². The van der Waals surface area contributed by atoms with Gasteiger partial charge in [0.25, 0.3) is 0 Å². The van der Waals surface area contributed by atoms with Crippen molar-refractivity contribution in [1.29, 1.82) is 0 Å². The molecule has 0 aromatic rings. The Morgan fingerprint density at radius 1 is 0.630 bits per heavy atom. The SMILES string of the molecule is CCCCCCCC/C=C/CC/C=C/C(O)C(COC1OC(CO)C(O)C(O)C1O)NC(=O)C(O)CCCCCCCCCCCCCCCCCCC. The number of aliphatic hydroxyl groups excluding tert-OH is 6. The van der Waals surface area contributed by atoms with E-state index < -0.39 is 61.5 Å². The number of nitrogens with one attached hydrogen (secondary N) is 1. The molecule has 0 aromatic carbocycles. The van der Waals surface area contributed by atoms with Gasteiger partial charge in [-0.1, -0.05) is 179 Å². The second-order valence-corrected chi connectivity index (χ2v) is 15.6. The number of aliphatic hydroxyl groups is 6. The second-order valence-electron chi connectivity index (χ2n) is 15.6. The Morgan fingerprint density at radius 2 is 1.09 bits per heavy atom. The molecule has 0 spiro atoms. The van der Waals surface area contributed by atoms with Gasteiger partial charge < -0.3 is 45.4 Å². The number of ether oxygens (including phenoxy) is 2. The van der Waals surface area contributed by atoms with Crippen LogP contribution in [0.2, 0.25) is 0 Å². The van der Waals surface area contributed by atoms with Gasteiger partial charge in [0.1, 0.15) is 30.5 Å². The third-order valence-corrected chi connectivity index (χ3v) is 10.6. The third kappa shape index (κ3) is 25.0. The molecule has 54 heavy (non-hydrogen) atoms. The van der Waals surface area contributed by atoms with Crippen molar-refractivity contribution in [2.75, 3.05) is 13.2 Å². The van der Waals surface area contributed by atoms with Crippen LogP contribution in [0.25, 0.3) is 0 Å². The van der Waals surface area contributed by atoms with Gasteiger partial charge in [-0.25, -0.2) is 0 Å². The zero-order chi connectivity index (χ0) is 39.7. The average Bonchev–Trinajstić information content (AvgIpc) is 3.17. The number of hydrogen-bond donors (Lipinski definition) is 7. The Hall–Kier alpha value is -1.37. The molecule has 1 heterocycles. The Morgan fingerprint density at radius 3 is 1.61 bits per heavy atom. The van der Waals surface area contributed by atoms with E-state index >= 15 is 0 Å². The van der Waals surface area contributed by atoms with Crippen LogP contribution in [0.3, 0.4) is 0 Å². The van der Waals surface area contributed by atoms with Crippen LogP contribution < -0.4 is 5.32 Å². The fourth-order valence-electron chi connectivity index (χ4n) is 6.94. The van der Waals surface area contributed by atoms with Gasteiger partial charge in [0.2, 0.25) is 5.91 Å². The molecule has 0 saturated carbocycles. The highest BCUT2D eigenvalue weighted by Gasteiger charge is 2.44. The Labute approximate surface area is 329 Å². The molecule has 0 radical (unpaired) electrons. The number of rotatable bonds is 36. The highest BCUT2D eigenvalue weighted by molar-refractivity contribution is 5.80. The molecular weight excluding hydrogens is 686 g/mol. The normalized spacial score (nSPS) is 22.3. The molecule has 10 heteroatoms. The maximum atomic E-state index is 13.0. The maximum Gasteiger partial charge on any atom is 0.249 e. The summed E-state index contributed by atoms with van der Waals surface area (Å²) in [6.45, 7) is 3.57. The van der Waals surface area contributed by atoms with E-state index in [0.717, 1.165) is 32.1 Å². The van der Waals surface area contributed by atoms with E-state index in [1.165, 1.54) is 122 Å². The van der Waals surface area contributed by atoms with Gasteiger partial charge in [0.05, 0.1) is 25.4 Å². The second kappa shape index (κ2) is 34.8. The van der Waals surface area contributed by atoms with Crippen molar-refractivity contribution in [3.63, 3.8) is 0 Å². The first-order valence-electron chi connectivity index (χ1n) is 22.2. The van der Waals surface area contributed by atoms with Gasteiger partial charge >= 0.3 is 0 Å². The van der Waals surface area contributed by atoms with E-state index in [2.05, 4.69) is 31.3 Å². The fraction of sp³-hybridized carbons (Fsp3) is 0.886. The van der Waals surface area contributed by atoms with Crippen molar-refractivity contribution >= 4 is 5.91 Å². The van der Waals surface area contributed by atoms with Crippen LogP contribution in [0.15, 0.2) is 24.3 Å². The number of hydrogen-bond acceptors (Lipinski definition) is 9. The summed E-state index contributed by atoms with van der Waals surface area (Å²) in [6.07, 6.45) is 29.8. The molecule has 1 rings (SSSR count). The molecule has 0 aliphatic carbocycles. The molecule has 8 unspecified atom stereocenters. The van der Waals surface area contributed by atoms with Crippen molar-refractivity contribution in [1.82, 2.24) is 5.32 Å². The van der Waals surface area contributed by atoms with E-state index in [-0.39, 0.29) is 6.61 Å². The third-order valence-electron chi connectivity index (χ3n) is 10.6. The smallest absolute Gasteiger partial charge is 0.249 e. The van der Waals surface area contributed by atoms with Gasteiger partial charge in [-0.15, -0.1) is 0 Å². The van der Waals surface area contributed by atoms with Crippen molar-refractivity contribution in [3.8, 4) is 0 Å². The minimum atomic E-state index is -1.61. The van der Waals surface area contributed by atoms with Gasteiger partial charge in [0, 0.05) is 0 Å². The number of carbonyl (C=O) groups is 1. The van der Waals surface area contributed by atoms with Crippen molar-refractivity contribution in [3.05, 3.63) is 24.3 Å². The average molecular weight is 770 g/mol. The predicted octanol–water partition coefficient (Wildman–Crippen LogP) is 7.69. The quantitative estimate of drug-likeness (QED) is 0.0250. The molecule has 8 atom stereocenters. The van der Waals surface area contributed by atoms with E-state index in [9.17, 15) is 35.4 Å². The monoisotopic (exact) mass is 770 g/mol. The lowest BCUT2D eigenvalue weighted by Gasteiger charge is -2.40. The summed E-state index contributed by atoms with van der Waals surface area (Å²) >= 11 is 0. The number of allylic oxidation sites excluding steroid dienone is 3. The van der Waals surface area contributed by atoms with Gasteiger partial charge in [-0.2, -0.15) is 0 Å². The molecule has 0 bridgehead atoms. The summed E-state index contributed by atoms with van der Waals surface area (Å²) in [4.78, 5) is 13.0. The van der Waals surface area contributed by atoms with Crippen molar-refractivity contribution in [2.24, 2.45) is 0 Å². The first-order valence-corrected chi connectivity index (χ1v) is 22.2. The zero-order valence-corrected chi connectivity index (χ0v) is 34.3. The minimum absolute atomic E-state index is 0.307. The molecule has 1 aliphatic rings. The fourth-order valence-corrected chi connectivity index (χ4v) is 6.94. The van der Waals surface area contributed by atoms with E-state index in [1.807, 2.05) is 6.08 Å². The van der Waals surface area contributed by atoms with Crippen LogP contribution >= 0.6 is 0 Å². The summed E-state index contributed by atoms with van der Waals surface area (Å²) < 4.78 is 11.1. The number of carbonyl (C=O) groups excluding carboxylic acids is 1. The summed E-state index contributed by atoms with van der Waals surface area (Å²) in [5.74, 6) is -0.626. The minimum Gasteiger partial charge on any atom is -0.394 e. The summed E-state index contributed by atoms with van der Waals surface area (Å²) in [6, 6.07) is -0.991. The van der Waals surface area contributed by atoms with Crippen LogP contribution in [0.4, 0.5) is 0 Å². The lowest BCUT2D eigenvalue weighted by atomic mass is 9.99. The van der Waals surface area contributed by atoms with Crippen LogP contribution in [0.5, 0.6) is 0 Å². The predicted molar refractivity (Wildman–Crippen MR) is 218 cm³/mol. The maximum absolute atomic E-state index is 13.0. The highest BCUT2D eigenvalue weighted by Crippen LogP contribution is 2.22. The Balaban J connectivity index is 2.43. The molecule has 10 nitrogen and oxygen atoms in total. The largest absolute Gasteiger partial charge is 0.394 e. The number of unbranched alkanes of at least 4 members (excludes halogenated alkanes) is 23. The van der Waals surface area contributed by atoms with Gasteiger partial charge in [-0.3, -0.25) is 4.79 Å². The molecule has 0 aromatic heterocycles. The molecule has 1 aliphatic heterocycles. The molecule has 318 valence electrons. The topological polar surface area (TPSA) is 169 Å². The van der Waals surface area contributed by atoms with Crippen molar-refractivity contribution < 1.29 is 44.9 Å². The summed E-state index contributed by atoms with van der Waals surface area (Å²) in [7, 11) is 0. The lowest BCUT2D eigenvalue weighted by Crippen LogP contribution is -2.60. The standard InChI is InChI=1S/C44H83NO9/c1-3-5-7-9-11-13-15-17-18-19-20-21-23-25-27-29-31-33-38(48)43(52)45-36(35-53-44-42(51)41(50)40(49)39(34-46)54-44)37(47)32-30-28-26-24-22-16-14-12-10-8-6-4-2/h22,24,30,32,36-42,44,46-51H,3-21,23,25-29,31,33-35H2,1-2H3,(H,45,52)/b24-22+,32-30+. The Kier molecular flexibility index (Phi) is 32.7. The van der Waals surface area contributed by atoms with Crippen LogP contribution in [-0.2, 0) is 14.3 Å². The number of amides is 1. The molecule has 1 amide bonds. The van der Waals surface area contributed by atoms with Gasteiger partial charge in [-0.05, 0) is 32.1 Å². The molecule has 1 saturated heterocycles. The van der Waals surface area contributed by atoms with E-state index in [4.69, 9.17) is 9.47 Å². The van der Waals surface area contributed by atoms with Crippen molar-refractivity contribution in [2.45, 2.75) is 236 Å². The first kappa shape index (κ1) is 50.6. The zero-order valence-electron chi connectivity index (χ0n) is 34.3. The summed E-state index contributed by atoms with van der Waals surface area (Å²) in [5, 5.41) is 64.5. The highest BCUT2D eigenvalue weighted by atomic mass is 16.7. The molecular formula is C44H83NO9. The van der Waals surface area contributed by atoms with E-state index in [1.54, 1.807) is 6.08 Å². The molecule has 1 fully saturated rings.